The fourth-order valence-corrected chi connectivity index (χ4v) is 8.42. The average molecular weight is 903 g/mol. The summed E-state index contributed by atoms with van der Waals surface area (Å²) in [6.45, 7) is 0. The number of benzene rings is 4. The smallest absolute Gasteiger partial charge is 0.323 e. The minimum Gasteiger partial charge on any atom is -0.508 e. The number of aliphatic imine (C=N–C) groups is 2. The number of hydrogen-bond acceptors (Lipinski definition) is 13. The second-order valence-corrected chi connectivity index (χ2v) is 18.4. The summed E-state index contributed by atoms with van der Waals surface area (Å²) < 4.78 is 134. The molecule has 2 aliphatic rings. The monoisotopic (exact) mass is 902 g/mol. The molecule has 0 heterocycles. The van der Waals surface area contributed by atoms with Gasteiger partial charge in [-0.2, -0.15) is 33.7 Å². The van der Waals surface area contributed by atoms with Crippen molar-refractivity contribution in [3.8, 4) is 11.5 Å². The molecular formula is C35H26N4O17S4. The van der Waals surface area contributed by atoms with E-state index in [1.54, 1.807) is 0 Å². The summed E-state index contributed by atoms with van der Waals surface area (Å²) >= 11 is 0. The average Bonchev–Trinajstić information content (AvgIpc) is 3.13. The maximum absolute atomic E-state index is 13.2. The summed E-state index contributed by atoms with van der Waals surface area (Å²) in [5, 5.41) is 25.7. The first-order chi connectivity index (χ1) is 27.8. The fraction of sp³-hybridized carbons (Fsp3) is 0.0571. The van der Waals surface area contributed by atoms with E-state index in [-0.39, 0.29) is 44.8 Å². The zero-order valence-corrected chi connectivity index (χ0v) is 33.0. The molecule has 4 amide bonds. The third-order valence-corrected chi connectivity index (χ3v) is 12.1. The summed E-state index contributed by atoms with van der Waals surface area (Å²) in [6.07, 6.45) is 0.366. The van der Waals surface area contributed by atoms with Gasteiger partial charge < -0.3 is 20.8 Å². The normalized spacial score (nSPS) is 15.7. The van der Waals surface area contributed by atoms with Gasteiger partial charge in [0.25, 0.3) is 52.3 Å². The van der Waals surface area contributed by atoms with Crippen LogP contribution in [-0.4, -0.2) is 91.4 Å². The minimum absolute atomic E-state index is 0.00109. The van der Waals surface area contributed by atoms with Gasteiger partial charge in [-0.25, -0.2) is 14.8 Å². The summed E-state index contributed by atoms with van der Waals surface area (Å²) in [7, 11) is -19.8. The molecule has 0 fully saturated rings. The highest BCUT2D eigenvalue weighted by molar-refractivity contribution is 7.91. The Bertz CT molecular complexity index is 2960. The van der Waals surface area contributed by atoms with Crippen molar-refractivity contribution in [2.24, 2.45) is 9.98 Å². The Morgan fingerprint density at radius 3 is 1.22 bits per heavy atom. The molecule has 0 bridgehead atoms. The van der Waals surface area contributed by atoms with Crippen molar-refractivity contribution >= 4 is 93.3 Å². The summed E-state index contributed by atoms with van der Waals surface area (Å²) in [6, 6.07) is 12.3. The van der Waals surface area contributed by atoms with Gasteiger partial charge in [0, 0.05) is 58.6 Å². The van der Waals surface area contributed by atoms with E-state index in [0.29, 0.717) is 12.1 Å². The Morgan fingerprint density at radius 2 is 0.883 bits per heavy atom. The van der Waals surface area contributed by atoms with Crippen LogP contribution >= 0.6 is 0 Å². The molecule has 60 heavy (non-hydrogen) atoms. The lowest BCUT2D eigenvalue weighted by Gasteiger charge is -2.19. The van der Waals surface area contributed by atoms with Crippen LogP contribution in [0, 0.1) is 0 Å². The summed E-state index contributed by atoms with van der Waals surface area (Å²) in [4.78, 5) is 43.6. The van der Waals surface area contributed by atoms with Crippen molar-refractivity contribution in [1.29, 1.82) is 0 Å². The van der Waals surface area contributed by atoms with E-state index in [4.69, 9.17) is 0 Å². The predicted octanol–water partition coefficient (Wildman–Crippen LogP) is 3.37. The fourth-order valence-electron chi connectivity index (χ4n) is 5.97. The van der Waals surface area contributed by atoms with Gasteiger partial charge in [-0.1, -0.05) is 12.1 Å². The number of rotatable bonds is 8. The molecule has 4 aromatic carbocycles. The van der Waals surface area contributed by atoms with Gasteiger partial charge in [0.15, 0.2) is 0 Å². The van der Waals surface area contributed by atoms with Crippen LogP contribution in [0.15, 0.2) is 102 Å². The van der Waals surface area contributed by atoms with Gasteiger partial charge >= 0.3 is 6.03 Å². The van der Waals surface area contributed by atoms with Gasteiger partial charge in [0.05, 0.1) is 21.2 Å². The van der Waals surface area contributed by atoms with E-state index in [1.807, 2.05) is 0 Å². The molecule has 0 radical (unpaired) electrons. The third kappa shape index (κ3) is 9.53. The number of allylic oxidation sites excluding steroid dienone is 2. The Balaban J connectivity index is 1.19. The standard InChI is InChI=1S/C35H26N4O17S4/c40-29-13-23(57(45,46)47)9-19-11-31(59(51,52)53)27(15-25(19)29)38-33(42)17-3-1-5-21(7-17)36-35(44)37-22-6-2-4-18(8-22)34(43)39-28-16-26-20(12-32(28)60(54,55)56)10-24(14-30(26)41)58(48,49)50/h1-14,40-41H,15-16H2,(H2,36,37,44)(H,45,46,47)(H,48,49,50)(H,51,52,53)(H,54,55,56). The van der Waals surface area contributed by atoms with Crippen molar-refractivity contribution in [1.82, 2.24) is 0 Å². The largest absolute Gasteiger partial charge is 0.508 e. The Kier molecular flexibility index (Phi) is 11.2. The number of phenolic OH excluding ortho intramolecular Hbond substituents is 2. The van der Waals surface area contributed by atoms with E-state index >= 15 is 0 Å². The van der Waals surface area contributed by atoms with Gasteiger partial charge in [-0.15, -0.1) is 0 Å². The lowest BCUT2D eigenvalue weighted by molar-refractivity contribution is 0.0994. The lowest BCUT2D eigenvalue weighted by Crippen LogP contribution is -2.21. The molecule has 312 valence electrons. The number of nitrogens with one attached hydrogen (secondary N) is 2. The van der Waals surface area contributed by atoms with Crippen molar-refractivity contribution in [2.45, 2.75) is 22.6 Å². The molecule has 0 unspecified atom stereocenters. The van der Waals surface area contributed by atoms with Crippen molar-refractivity contribution in [2.75, 3.05) is 10.6 Å². The maximum atomic E-state index is 13.2. The molecular weight excluding hydrogens is 877 g/mol. The minimum atomic E-state index is -5.08. The molecule has 0 aliphatic heterocycles. The highest BCUT2D eigenvalue weighted by Crippen LogP contribution is 2.36. The van der Waals surface area contributed by atoms with Crippen LogP contribution < -0.4 is 10.6 Å². The molecule has 0 atom stereocenters. The SMILES string of the molecule is O=C(Nc1cccc(C(=O)N=C2Cc3c(O)cc(S(=O)(=O)O)cc3C=C2S(=O)(=O)O)c1)Nc1cccc(C(=O)N=C2Cc3c(O)cc(S(=O)(=O)O)cc3C=C2S(=O)(=O)O)c1. The number of carbonyl (C=O) groups excluding carboxylic acids is 3. The molecule has 25 heteroatoms. The molecule has 6 rings (SSSR count). The second-order valence-electron chi connectivity index (χ2n) is 12.8. The quantitative estimate of drug-likeness (QED) is 0.117. The Labute approximate surface area is 339 Å². The highest BCUT2D eigenvalue weighted by Gasteiger charge is 2.31. The van der Waals surface area contributed by atoms with Crippen LogP contribution in [0.2, 0.25) is 0 Å². The van der Waals surface area contributed by atoms with Crippen LogP contribution in [0.25, 0.3) is 12.2 Å². The predicted molar refractivity (Wildman–Crippen MR) is 211 cm³/mol. The van der Waals surface area contributed by atoms with Crippen LogP contribution in [-0.2, 0) is 53.3 Å². The number of amides is 4. The van der Waals surface area contributed by atoms with Crippen LogP contribution in [0.4, 0.5) is 16.2 Å². The molecule has 8 N–H and O–H groups in total. The lowest BCUT2D eigenvalue weighted by atomic mass is 9.95. The molecule has 0 aromatic heterocycles. The van der Waals surface area contributed by atoms with Gasteiger partial charge in [0.1, 0.15) is 21.3 Å². The number of urea groups is 1. The first kappa shape index (κ1) is 43.1. The van der Waals surface area contributed by atoms with Crippen LogP contribution in [0.5, 0.6) is 11.5 Å². The van der Waals surface area contributed by atoms with E-state index in [1.165, 1.54) is 36.4 Å². The molecule has 21 nitrogen and oxygen atoms in total. The van der Waals surface area contributed by atoms with Gasteiger partial charge in [-0.05, 0) is 71.8 Å². The molecule has 0 saturated carbocycles. The van der Waals surface area contributed by atoms with E-state index in [0.717, 1.165) is 36.4 Å². The van der Waals surface area contributed by atoms with Gasteiger partial charge in [-0.3, -0.25) is 27.8 Å². The molecule has 0 spiro atoms. The number of carbonyl (C=O) groups is 3. The number of fused-ring (bicyclic) bond motifs is 2. The molecule has 2 aliphatic carbocycles. The highest BCUT2D eigenvalue weighted by atomic mass is 32.2. The third-order valence-electron chi connectivity index (χ3n) is 8.66. The molecule has 0 saturated heterocycles. The maximum Gasteiger partial charge on any atom is 0.323 e. The van der Waals surface area contributed by atoms with Crippen molar-refractivity contribution in [3.05, 3.63) is 116 Å². The Hall–Kier alpha value is -6.45. The van der Waals surface area contributed by atoms with E-state index in [9.17, 15) is 76.5 Å². The zero-order valence-electron chi connectivity index (χ0n) is 29.7. The zero-order chi connectivity index (χ0) is 44.1. The Morgan fingerprint density at radius 1 is 0.517 bits per heavy atom. The number of hydrogen-bond donors (Lipinski definition) is 8. The van der Waals surface area contributed by atoms with Crippen molar-refractivity contribution < 1.29 is 76.5 Å². The number of nitrogens with zero attached hydrogens (tertiary/aromatic N) is 2. The topological polar surface area (TPSA) is 358 Å². The number of phenols is 2. The molecule has 4 aromatic rings. The van der Waals surface area contributed by atoms with Crippen LogP contribution in [0.1, 0.15) is 43.0 Å². The number of anilines is 2. The second kappa shape index (κ2) is 15.6. The van der Waals surface area contributed by atoms with Gasteiger partial charge in [0.2, 0.25) is 0 Å². The van der Waals surface area contributed by atoms with Crippen molar-refractivity contribution in [3.63, 3.8) is 0 Å². The van der Waals surface area contributed by atoms with E-state index < -0.39 is 114 Å². The summed E-state index contributed by atoms with van der Waals surface area (Å²) in [5.41, 5.74) is -2.04. The first-order valence-electron chi connectivity index (χ1n) is 16.4. The van der Waals surface area contributed by atoms with E-state index in [2.05, 4.69) is 20.6 Å². The first-order valence-corrected chi connectivity index (χ1v) is 22.1. The van der Waals surface area contributed by atoms with Crippen LogP contribution in [0.3, 0.4) is 0 Å². The number of aromatic hydroxyl groups is 2. The summed E-state index contributed by atoms with van der Waals surface area (Å²) in [5.74, 6) is -3.51.